The predicted molar refractivity (Wildman–Crippen MR) is 53.0 cm³/mol. The van der Waals surface area contributed by atoms with Crippen molar-refractivity contribution in [1.29, 1.82) is 0 Å². The van der Waals surface area contributed by atoms with Crippen molar-refractivity contribution < 1.29 is 0 Å². The van der Waals surface area contributed by atoms with Crippen LogP contribution in [-0.2, 0) is 5.41 Å². The maximum absolute atomic E-state index is 4.67. The Kier molecular flexibility index (Phi) is 1.27. The number of nitrogens with one attached hydrogen (secondary N) is 1. The summed E-state index contributed by atoms with van der Waals surface area (Å²) in [6.07, 6.45) is 4.02. The van der Waals surface area contributed by atoms with Gasteiger partial charge in [-0.25, -0.2) is 0 Å². The first-order valence-electron chi connectivity index (χ1n) is 5.02. The Bertz CT molecular complexity index is 353. The number of hydrogen-bond acceptors (Lipinski definition) is 2. The van der Waals surface area contributed by atoms with E-state index in [9.17, 15) is 0 Å². The molecule has 1 saturated carbocycles. The van der Waals surface area contributed by atoms with E-state index in [1.54, 1.807) is 0 Å². The van der Waals surface area contributed by atoms with Crippen molar-refractivity contribution in [1.82, 2.24) is 4.98 Å². The Labute approximate surface area is 78.4 Å². The molecule has 1 N–H and O–H groups in total. The number of aryl methyl sites for hydroxylation is 1. The van der Waals surface area contributed by atoms with Gasteiger partial charge in [0, 0.05) is 17.7 Å². The molecule has 2 heteroatoms. The molecule has 2 aliphatic rings. The Morgan fingerprint density at radius 2 is 2.23 bits per heavy atom. The quantitative estimate of drug-likeness (QED) is 0.652. The first kappa shape index (κ1) is 7.36. The molecule has 2 heterocycles. The molecule has 1 aromatic heterocycles. The largest absolute Gasteiger partial charge is 0.383 e. The average molecular weight is 174 g/mol. The minimum Gasteiger partial charge on any atom is -0.383 e. The van der Waals surface area contributed by atoms with Crippen LogP contribution in [-0.4, -0.2) is 11.5 Å². The van der Waals surface area contributed by atoms with E-state index in [1.807, 2.05) is 0 Å². The Hall–Kier alpha value is -1.05. The van der Waals surface area contributed by atoms with Crippen molar-refractivity contribution in [2.75, 3.05) is 11.9 Å². The molecule has 1 fully saturated rings. The van der Waals surface area contributed by atoms with Gasteiger partial charge >= 0.3 is 0 Å². The summed E-state index contributed by atoms with van der Waals surface area (Å²) >= 11 is 0. The summed E-state index contributed by atoms with van der Waals surface area (Å²) in [5, 5.41) is 3.46. The van der Waals surface area contributed by atoms with Gasteiger partial charge in [0.05, 0.1) is 11.4 Å². The van der Waals surface area contributed by atoms with Crippen molar-refractivity contribution in [3.8, 4) is 0 Å². The molecule has 0 bridgehead atoms. The van der Waals surface area contributed by atoms with Crippen molar-refractivity contribution in [2.45, 2.75) is 31.6 Å². The number of hydrogen-bond donors (Lipinski definition) is 1. The molecule has 1 aromatic rings. The van der Waals surface area contributed by atoms with E-state index < -0.39 is 0 Å². The summed E-state index contributed by atoms with van der Waals surface area (Å²) in [7, 11) is 0. The number of fused-ring (bicyclic) bond motifs is 2. The molecule has 0 radical (unpaired) electrons. The van der Waals surface area contributed by atoms with E-state index in [0.29, 0.717) is 5.41 Å². The molecule has 1 aliphatic heterocycles. The predicted octanol–water partition coefficient (Wildman–Crippen LogP) is 2.24. The van der Waals surface area contributed by atoms with E-state index in [0.717, 1.165) is 12.2 Å². The van der Waals surface area contributed by atoms with Gasteiger partial charge in [0.1, 0.15) is 0 Å². The van der Waals surface area contributed by atoms with E-state index in [-0.39, 0.29) is 0 Å². The van der Waals surface area contributed by atoms with Gasteiger partial charge < -0.3 is 5.32 Å². The van der Waals surface area contributed by atoms with E-state index >= 15 is 0 Å². The monoisotopic (exact) mass is 174 g/mol. The van der Waals surface area contributed by atoms with Crippen LogP contribution in [0.2, 0.25) is 0 Å². The summed E-state index contributed by atoms with van der Waals surface area (Å²) in [4.78, 5) is 4.67. The van der Waals surface area contributed by atoms with Gasteiger partial charge in [-0.15, -0.1) is 0 Å². The lowest BCUT2D eigenvalue weighted by atomic mass is 9.67. The third-order valence-electron chi connectivity index (χ3n) is 3.46. The molecule has 0 amide bonds. The second-order valence-electron chi connectivity index (χ2n) is 4.34. The maximum atomic E-state index is 4.67. The standard InChI is InChI=1S/C11H14N2/c1-8-3-4-9-10(13-8)11(7-12-9)5-2-6-11/h3-4,12H,2,5-7H2,1H3. The smallest absolute Gasteiger partial charge is 0.0717 e. The first-order valence-corrected chi connectivity index (χ1v) is 5.02. The van der Waals surface area contributed by atoms with Crippen LogP contribution in [0, 0.1) is 6.92 Å². The summed E-state index contributed by atoms with van der Waals surface area (Å²) in [6.45, 7) is 3.18. The van der Waals surface area contributed by atoms with Crippen LogP contribution in [0.3, 0.4) is 0 Å². The molecule has 0 aromatic carbocycles. The summed E-state index contributed by atoms with van der Waals surface area (Å²) in [5.74, 6) is 0. The highest BCUT2D eigenvalue weighted by atomic mass is 15.0. The van der Waals surface area contributed by atoms with Crippen molar-refractivity contribution in [3.05, 3.63) is 23.5 Å². The van der Waals surface area contributed by atoms with E-state index in [4.69, 9.17) is 0 Å². The fourth-order valence-electron chi connectivity index (χ4n) is 2.47. The van der Waals surface area contributed by atoms with Crippen LogP contribution in [0.4, 0.5) is 5.69 Å². The molecule has 0 unspecified atom stereocenters. The number of anilines is 1. The fourth-order valence-corrected chi connectivity index (χ4v) is 2.47. The minimum absolute atomic E-state index is 0.418. The molecule has 2 nitrogen and oxygen atoms in total. The van der Waals surface area contributed by atoms with Gasteiger partial charge in [0.25, 0.3) is 0 Å². The van der Waals surface area contributed by atoms with Crippen molar-refractivity contribution in [3.63, 3.8) is 0 Å². The molecule has 68 valence electrons. The average Bonchev–Trinajstić information content (AvgIpc) is 2.41. The van der Waals surface area contributed by atoms with Gasteiger partial charge in [0.2, 0.25) is 0 Å². The molecule has 1 aliphatic carbocycles. The molecule has 0 atom stereocenters. The Balaban J connectivity index is 2.14. The Morgan fingerprint density at radius 1 is 1.38 bits per heavy atom. The highest BCUT2D eigenvalue weighted by Gasteiger charge is 2.45. The van der Waals surface area contributed by atoms with Gasteiger partial charge in [-0.3, -0.25) is 4.98 Å². The zero-order valence-corrected chi connectivity index (χ0v) is 7.93. The molecule has 3 rings (SSSR count). The molecule has 1 spiro atoms. The van der Waals surface area contributed by atoms with Gasteiger partial charge in [0.15, 0.2) is 0 Å². The summed E-state index contributed by atoms with van der Waals surface area (Å²) in [5.41, 5.74) is 4.17. The van der Waals surface area contributed by atoms with Crippen LogP contribution in [0.5, 0.6) is 0 Å². The molecular weight excluding hydrogens is 160 g/mol. The third-order valence-corrected chi connectivity index (χ3v) is 3.46. The lowest BCUT2D eigenvalue weighted by molar-refractivity contribution is 0.265. The van der Waals surface area contributed by atoms with Crippen LogP contribution in [0.1, 0.15) is 30.7 Å². The van der Waals surface area contributed by atoms with Gasteiger partial charge in [-0.1, -0.05) is 6.42 Å². The number of pyridine rings is 1. The van der Waals surface area contributed by atoms with Crippen LogP contribution in [0.25, 0.3) is 0 Å². The summed E-state index contributed by atoms with van der Waals surface area (Å²) in [6, 6.07) is 4.26. The van der Waals surface area contributed by atoms with Crippen LogP contribution >= 0.6 is 0 Å². The lowest BCUT2D eigenvalue weighted by Crippen LogP contribution is -2.36. The molecular formula is C11H14N2. The third kappa shape index (κ3) is 0.859. The second kappa shape index (κ2) is 2.25. The van der Waals surface area contributed by atoms with Gasteiger partial charge in [-0.05, 0) is 31.9 Å². The van der Waals surface area contributed by atoms with Crippen LogP contribution < -0.4 is 5.32 Å². The molecule has 13 heavy (non-hydrogen) atoms. The lowest BCUT2D eigenvalue weighted by Gasteiger charge is -2.37. The number of aromatic nitrogens is 1. The zero-order chi connectivity index (χ0) is 8.89. The number of rotatable bonds is 0. The topological polar surface area (TPSA) is 24.9 Å². The second-order valence-corrected chi connectivity index (χ2v) is 4.34. The SMILES string of the molecule is Cc1ccc2c(n1)C1(CCC1)CN2. The van der Waals surface area contributed by atoms with Crippen LogP contribution in [0.15, 0.2) is 12.1 Å². The van der Waals surface area contributed by atoms with Crippen molar-refractivity contribution >= 4 is 5.69 Å². The highest BCUT2D eigenvalue weighted by molar-refractivity contribution is 5.58. The fraction of sp³-hybridized carbons (Fsp3) is 0.545. The number of nitrogens with zero attached hydrogens (tertiary/aromatic N) is 1. The normalized spacial score (nSPS) is 22.2. The Morgan fingerprint density at radius 3 is 2.92 bits per heavy atom. The summed E-state index contributed by atoms with van der Waals surface area (Å²) < 4.78 is 0. The maximum Gasteiger partial charge on any atom is 0.0717 e. The zero-order valence-electron chi connectivity index (χ0n) is 7.93. The van der Waals surface area contributed by atoms with Gasteiger partial charge in [-0.2, -0.15) is 0 Å². The van der Waals surface area contributed by atoms with E-state index in [2.05, 4.69) is 29.4 Å². The van der Waals surface area contributed by atoms with Crippen molar-refractivity contribution in [2.24, 2.45) is 0 Å². The first-order chi connectivity index (χ1) is 6.30. The highest BCUT2D eigenvalue weighted by Crippen LogP contribution is 2.49. The molecule has 0 saturated heterocycles. The van der Waals surface area contributed by atoms with E-state index in [1.165, 1.54) is 30.6 Å². The minimum atomic E-state index is 0.418.